The van der Waals surface area contributed by atoms with Gasteiger partial charge in [0.05, 0.1) is 13.9 Å². The van der Waals surface area contributed by atoms with E-state index < -0.39 is 37.3 Å². The summed E-state index contributed by atoms with van der Waals surface area (Å²) in [6.07, 6.45) is 4.00. The van der Waals surface area contributed by atoms with E-state index in [1.807, 2.05) is 0 Å². The van der Waals surface area contributed by atoms with Gasteiger partial charge < -0.3 is 29.1 Å². The van der Waals surface area contributed by atoms with Crippen molar-refractivity contribution in [1.82, 2.24) is 0 Å². The van der Waals surface area contributed by atoms with Gasteiger partial charge in [-0.1, -0.05) is 19.4 Å². The van der Waals surface area contributed by atoms with E-state index in [4.69, 9.17) is 4.52 Å². The fourth-order valence-corrected chi connectivity index (χ4v) is 8.44. The molecule has 0 unspecified atom stereocenters. The van der Waals surface area contributed by atoms with Crippen molar-refractivity contribution in [2.75, 3.05) is 6.61 Å². The molecule has 11 heteroatoms. The number of aliphatic hydroxyl groups excluding tert-OH is 2. The fraction of sp³-hybridized carbons (Fsp3) is 0.810. The Bertz CT molecular complexity index is 859. The Morgan fingerprint density at radius 1 is 1.22 bits per heavy atom. The predicted octanol–water partition coefficient (Wildman–Crippen LogP) is -5.36. The van der Waals surface area contributed by atoms with Gasteiger partial charge in [-0.3, -0.25) is 9.59 Å². The number of Topliss-reactive ketones (excluding diaryl/α,β-unsaturated/α-hetero) is 1. The van der Waals surface area contributed by atoms with Crippen LogP contribution in [0, 0.1) is 28.6 Å². The van der Waals surface area contributed by atoms with Crippen molar-refractivity contribution in [2.45, 2.75) is 70.5 Å². The maximum absolute atomic E-state index is 12.8. The van der Waals surface area contributed by atoms with Crippen LogP contribution in [0.3, 0.4) is 0 Å². The minimum absolute atomic E-state index is 0. The summed E-state index contributed by atoms with van der Waals surface area (Å²) in [6.45, 7) is 2.87. The van der Waals surface area contributed by atoms with Gasteiger partial charge in [0, 0.05) is 11.8 Å². The Labute approximate surface area is 232 Å². The Hall–Kier alpha value is 1.11. The van der Waals surface area contributed by atoms with Gasteiger partial charge in [-0.05, 0) is 67.8 Å². The monoisotopic (exact) mass is 486 g/mol. The molecule has 0 aromatic carbocycles. The van der Waals surface area contributed by atoms with Crippen LogP contribution in [0.5, 0.6) is 0 Å². The number of aliphatic hydroxyl groups is 2. The van der Waals surface area contributed by atoms with E-state index in [2.05, 4.69) is 6.92 Å². The van der Waals surface area contributed by atoms with E-state index in [9.17, 15) is 34.2 Å². The number of rotatable bonds is 4. The van der Waals surface area contributed by atoms with Crippen molar-refractivity contribution in [3.05, 3.63) is 11.6 Å². The molecule has 0 aromatic heterocycles. The second-order valence-electron chi connectivity index (χ2n) is 10.1. The van der Waals surface area contributed by atoms with Gasteiger partial charge in [-0.2, -0.15) is 0 Å². The summed E-state index contributed by atoms with van der Waals surface area (Å²) in [5.41, 5.74) is -2.29. The third-order valence-corrected chi connectivity index (χ3v) is 9.41. The number of phosphoric acid groups is 1. The van der Waals surface area contributed by atoms with Crippen LogP contribution in [0.2, 0.25) is 0 Å². The maximum atomic E-state index is 12.8. The molecule has 0 spiro atoms. The molecule has 3 fully saturated rings. The average Bonchev–Trinajstić information content (AvgIpc) is 2.92. The molecule has 32 heavy (non-hydrogen) atoms. The Morgan fingerprint density at radius 3 is 2.47 bits per heavy atom. The van der Waals surface area contributed by atoms with Crippen molar-refractivity contribution in [3.63, 3.8) is 0 Å². The van der Waals surface area contributed by atoms with Crippen molar-refractivity contribution in [2.24, 2.45) is 28.6 Å². The molecular formula is C21H29Na2O8P. The number of hydrogen-bond acceptors (Lipinski definition) is 8. The Morgan fingerprint density at radius 2 is 1.88 bits per heavy atom. The summed E-state index contributed by atoms with van der Waals surface area (Å²) in [4.78, 5) is 47.9. The van der Waals surface area contributed by atoms with Crippen LogP contribution < -0.4 is 68.9 Å². The molecule has 0 bridgehead atoms. The third-order valence-electron chi connectivity index (χ3n) is 8.88. The number of hydrogen-bond donors (Lipinski definition) is 2. The van der Waals surface area contributed by atoms with Crippen molar-refractivity contribution >= 4 is 19.4 Å². The summed E-state index contributed by atoms with van der Waals surface area (Å²) in [5, 5.41) is 20.9. The molecule has 8 nitrogen and oxygen atoms in total. The number of fused-ring (bicyclic) bond motifs is 5. The summed E-state index contributed by atoms with van der Waals surface area (Å²) in [7, 11) is -5.51. The van der Waals surface area contributed by atoms with Gasteiger partial charge >= 0.3 is 59.1 Å². The molecule has 0 heterocycles. The van der Waals surface area contributed by atoms with Gasteiger partial charge in [0.2, 0.25) is 0 Å². The summed E-state index contributed by atoms with van der Waals surface area (Å²) in [6, 6.07) is 0. The van der Waals surface area contributed by atoms with Gasteiger partial charge in [0.25, 0.3) is 0 Å². The van der Waals surface area contributed by atoms with E-state index in [0.717, 1.165) is 5.57 Å². The van der Waals surface area contributed by atoms with Crippen LogP contribution in [-0.4, -0.2) is 40.1 Å². The van der Waals surface area contributed by atoms with Crippen molar-refractivity contribution in [3.8, 4) is 0 Å². The first kappa shape index (κ1) is 29.3. The summed E-state index contributed by atoms with van der Waals surface area (Å²) >= 11 is 0. The molecule has 4 aliphatic rings. The molecule has 0 aromatic rings. The predicted molar refractivity (Wildman–Crippen MR) is 102 cm³/mol. The number of allylic oxidation sites excluding steroid dienone is 1. The molecule has 4 aliphatic carbocycles. The largest absolute Gasteiger partial charge is 1.00 e. The second-order valence-corrected chi connectivity index (χ2v) is 11.1. The van der Waals surface area contributed by atoms with Crippen LogP contribution in [-0.2, 0) is 18.7 Å². The number of carbonyl (C=O) groups excluding carboxylic acids is 2. The summed E-state index contributed by atoms with van der Waals surface area (Å²) in [5.74, 6) is -0.960. The van der Waals surface area contributed by atoms with E-state index in [1.54, 1.807) is 13.0 Å². The molecule has 0 saturated heterocycles. The van der Waals surface area contributed by atoms with Crippen LogP contribution in [0.4, 0.5) is 0 Å². The standard InChI is InChI=1S/C21H31O8P.2Na/c1-19-7-5-13(23)9-12(19)3-4-14-15-6-8-21(17(25)11-22,29-30(26,27)28)20(15,2)10-16(24)18(14)19;;/h9,14-16,18,22,24H,3-8,10-11H2,1-2H3,(H2,26,27,28);;/q;2*+1/p-2/t14-,15-,16-,18+,19-,20-,21-;;/m0../s1. The zero-order valence-corrected chi connectivity index (χ0v) is 24.2. The van der Waals surface area contributed by atoms with Crippen LogP contribution in [0.25, 0.3) is 0 Å². The first-order valence-electron chi connectivity index (χ1n) is 10.7. The van der Waals surface area contributed by atoms with Crippen molar-refractivity contribution < 1.29 is 97.8 Å². The zero-order chi connectivity index (χ0) is 22.1. The molecule has 0 aliphatic heterocycles. The quantitative estimate of drug-likeness (QED) is 0.296. The molecule has 0 amide bonds. The molecule has 2 N–H and O–H groups in total. The minimum atomic E-state index is -5.51. The SMILES string of the molecule is C[C@]12CCC(=O)C=C1CC[C@@H]1[C@@H]2[C@@H](O)C[C@@]2(C)[C@H]1CC[C@]2(OP(=O)([O-])[O-])C(=O)CO.[Na+].[Na+]. The second kappa shape index (κ2) is 9.87. The van der Waals surface area contributed by atoms with Crippen LogP contribution >= 0.6 is 7.82 Å². The number of phosphoric ester groups is 1. The van der Waals surface area contributed by atoms with E-state index in [0.29, 0.717) is 32.1 Å². The fourth-order valence-electron chi connectivity index (χ4n) is 7.65. The first-order valence-corrected chi connectivity index (χ1v) is 12.1. The van der Waals surface area contributed by atoms with E-state index in [1.165, 1.54) is 0 Å². The van der Waals surface area contributed by atoms with E-state index >= 15 is 0 Å². The van der Waals surface area contributed by atoms with Crippen LogP contribution in [0.1, 0.15) is 58.8 Å². The zero-order valence-electron chi connectivity index (χ0n) is 19.3. The molecule has 3 saturated carbocycles. The maximum Gasteiger partial charge on any atom is 1.00 e. The normalized spacial score (nSPS) is 43.1. The Balaban J connectivity index is 0.00000181. The van der Waals surface area contributed by atoms with Gasteiger partial charge in [0.15, 0.2) is 11.6 Å². The van der Waals surface area contributed by atoms with Gasteiger partial charge in [-0.15, -0.1) is 0 Å². The molecule has 0 radical (unpaired) electrons. The average molecular weight is 486 g/mol. The first-order chi connectivity index (χ1) is 13.9. The molecule has 168 valence electrons. The molecule has 7 atom stereocenters. The summed E-state index contributed by atoms with van der Waals surface area (Å²) < 4.78 is 16.5. The van der Waals surface area contributed by atoms with Gasteiger partial charge in [0.1, 0.15) is 12.2 Å². The topological polar surface area (TPSA) is 147 Å². The number of ketones is 2. The van der Waals surface area contributed by atoms with Gasteiger partial charge in [-0.25, -0.2) is 0 Å². The minimum Gasteiger partial charge on any atom is -0.790 e. The van der Waals surface area contributed by atoms with Crippen LogP contribution in [0.15, 0.2) is 11.6 Å². The third kappa shape index (κ3) is 4.39. The van der Waals surface area contributed by atoms with E-state index in [-0.39, 0.29) is 101 Å². The molecule has 4 rings (SSSR count). The smallest absolute Gasteiger partial charge is 0.790 e. The van der Waals surface area contributed by atoms with Crippen molar-refractivity contribution in [1.29, 1.82) is 0 Å². The molecular weight excluding hydrogens is 457 g/mol. The Kier molecular flexibility index (Phi) is 9.05. The number of carbonyl (C=O) groups is 2.